The maximum atomic E-state index is 14.3. The Labute approximate surface area is 252 Å². The van der Waals surface area contributed by atoms with Gasteiger partial charge in [0.25, 0.3) is 0 Å². The van der Waals surface area contributed by atoms with Gasteiger partial charge in [0, 0.05) is 17.3 Å². The summed E-state index contributed by atoms with van der Waals surface area (Å²) >= 11 is 1.65. The number of rotatable bonds is 8. The Morgan fingerprint density at radius 2 is 1.54 bits per heavy atom. The fraction of sp³-hybridized carbons (Fsp3) is 0.657. The predicted molar refractivity (Wildman–Crippen MR) is 170 cm³/mol. The Bertz CT molecular complexity index is 1140. The lowest BCUT2D eigenvalue weighted by molar-refractivity contribution is -0.152. The standard InChI is InChI=1S/C35H52N2O3S/c1-33(2,3)28-22-25(23-29(31(28)39)34(4,5)6)17-18-30(38)37(24-27-16-13-21-41-27)35(19-11-8-12-20-35)32(40)36-26-14-9-7-10-15-26/h13,16,21-23,26,39H,7-12,14-15,17-20,24H2,1-6H3,(H,36,40). The largest absolute Gasteiger partial charge is 0.507 e. The van der Waals surface area contributed by atoms with E-state index in [0.29, 0.717) is 25.1 Å². The average molecular weight is 581 g/mol. The van der Waals surface area contributed by atoms with E-state index < -0.39 is 5.54 Å². The van der Waals surface area contributed by atoms with Gasteiger partial charge in [-0.15, -0.1) is 11.3 Å². The molecule has 4 rings (SSSR count). The molecule has 2 saturated carbocycles. The third-order valence-corrected chi connectivity index (χ3v) is 10.0. The predicted octanol–water partition coefficient (Wildman–Crippen LogP) is 8.16. The Morgan fingerprint density at radius 3 is 2.07 bits per heavy atom. The van der Waals surface area contributed by atoms with Crippen LogP contribution < -0.4 is 5.32 Å². The smallest absolute Gasteiger partial charge is 0.246 e. The van der Waals surface area contributed by atoms with Crippen molar-refractivity contribution in [2.45, 2.75) is 148 Å². The van der Waals surface area contributed by atoms with Gasteiger partial charge in [-0.2, -0.15) is 0 Å². The molecule has 0 radical (unpaired) electrons. The number of thiophene rings is 1. The number of aryl methyl sites for hydroxylation is 1. The van der Waals surface area contributed by atoms with E-state index in [0.717, 1.165) is 79.4 Å². The minimum absolute atomic E-state index is 0.0433. The number of carbonyl (C=O) groups is 2. The number of amides is 2. The summed E-state index contributed by atoms with van der Waals surface area (Å²) in [7, 11) is 0. The number of nitrogens with zero attached hydrogens (tertiary/aromatic N) is 1. The quantitative estimate of drug-likeness (QED) is 0.331. The molecule has 0 aliphatic heterocycles. The Morgan fingerprint density at radius 1 is 0.951 bits per heavy atom. The molecule has 6 heteroatoms. The number of nitrogens with one attached hydrogen (secondary N) is 1. The molecular formula is C35H52N2O3S. The summed E-state index contributed by atoms with van der Waals surface area (Å²) in [5.74, 6) is 0.463. The molecule has 5 nitrogen and oxygen atoms in total. The first-order valence-corrected chi connectivity index (χ1v) is 16.7. The second-order valence-corrected chi connectivity index (χ2v) is 15.5. The van der Waals surface area contributed by atoms with E-state index in [4.69, 9.17) is 0 Å². The fourth-order valence-corrected chi connectivity index (χ4v) is 7.42. The zero-order chi connectivity index (χ0) is 29.8. The van der Waals surface area contributed by atoms with Crippen LogP contribution in [0.3, 0.4) is 0 Å². The topological polar surface area (TPSA) is 69.6 Å². The first-order chi connectivity index (χ1) is 19.3. The van der Waals surface area contributed by atoms with Gasteiger partial charge in [0.2, 0.25) is 11.8 Å². The molecule has 0 unspecified atom stereocenters. The van der Waals surface area contributed by atoms with E-state index in [1.807, 2.05) is 16.3 Å². The normalized spacial score (nSPS) is 18.2. The van der Waals surface area contributed by atoms with Gasteiger partial charge in [0.1, 0.15) is 11.3 Å². The highest BCUT2D eigenvalue weighted by Gasteiger charge is 2.47. The van der Waals surface area contributed by atoms with Crippen molar-refractivity contribution in [2.75, 3.05) is 0 Å². The maximum Gasteiger partial charge on any atom is 0.246 e. The van der Waals surface area contributed by atoms with Crippen LogP contribution >= 0.6 is 11.3 Å². The molecule has 2 aromatic rings. The lowest BCUT2D eigenvalue weighted by atomic mass is 9.77. The van der Waals surface area contributed by atoms with Gasteiger partial charge in [0.15, 0.2) is 0 Å². The molecule has 2 fully saturated rings. The zero-order valence-corrected chi connectivity index (χ0v) is 27.1. The summed E-state index contributed by atoms with van der Waals surface area (Å²) < 4.78 is 0. The Balaban J connectivity index is 1.64. The zero-order valence-electron chi connectivity index (χ0n) is 26.3. The van der Waals surface area contributed by atoms with Crippen LogP contribution in [0.5, 0.6) is 5.75 Å². The molecule has 0 saturated heterocycles. The van der Waals surface area contributed by atoms with Crippen molar-refractivity contribution >= 4 is 23.2 Å². The van der Waals surface area contributed by atoms with E-state index in [2.05, 4.69) is 65.1 Å². The van der Waals surface area contributed by atoms with Crippen molar-refractivity contribution in [1.82, 2.24) is 10.2 Å². The summed E-state index contributed by atoms with van der Waals surface area (Å²) in [4.78, 5) is 31.5. The van der Waals surface area contributed by atoms with Crippen LogP contribution in [-0.4, -0.2) is 33.4 Å². The molecule has 226 valence electrons. The van der Waals surface area contributed by atoms with E-state index in [1.165, 1.54) is 6.42 Å². The van der Waals surface area contributed by atoms with E-state index in [9.17, 15) is 14.7 Å². The van der Waals surface area contributed by atoms with Crippen LogP contribution in [0.2, 0.25) is 0 Å². The molecule has 41 heavy (non-hydrogen) atoms. The number of benzene rings is 1. The summed E-state index contributed by atoms with van der Waals surface area (Å²) in [6.07, 6.45) is 11.0. The first-order valence-electron chi connectivity index (χ1n) is 15.8. The van der Waals surface area contributed by atoms with E-state index in [1.54, 1.807) is 11.3 Å². The molecule has 2 amide bonds. The van der Waals surface area contributed by atoms with Gasteiger partial charge in [0.05, 0.1) is 6.54 Å². The van der Waals surface area contributed by atoms with E-state index >= 15 is 0 Å². The molecule has 1 aromatic heterocycles. The van der Waals surface area contributed by atoms with Gasteiger partial charge in [-0.3, -0.25) is 9.59 Å². The van der Waals surface area contributed by atoms with Crippen LogP contribution in [0.15, 0.2) is 29.6 Å². The molecule has 0 atom stereocenters. The number of phenolic OH excluding ortho intramolecular Hbond substituents is 1. The Kier molecular flexibility index (Phi) is 9.93. The summed E-state index contributed by atoms with van der Waals surface area (Å²) in [6, 6.07) is 8.47. The van der Waals surface area contributed by atoms with Gasteiger partial charge in [-0.25, -0.2) is 0 Å². The second-order valence-electron chi connectivity index (χ2n) is 14.5. The van der Waals surface area contributed by atoms with E-state index in [-0.39, 0.29) is 28.7 Å². The van der Waals surface area contributed by atoms with Crippen molar-refractivity contribution in [3.05, 3.63) is 51.2 Å². The van der Waals surface area contributed by atoms with Crippen LogP contribution in [0, 0.1) is 0 Å². The lowest BCUT2D eigenvalue weighted by Gasteiger charge is -2.46. The number of phenols is 1. The minimum atomic E-state index is -0.793. The third-order valence-electron chi connectivity index (χ3n) is 9.17. The Hall–Kier alpha value is -2.34. The van der Waals surface area contributed by atoms with Gasteiger partial charge in [-0.05, 0) is 71.1 Å². The second kappa shape index (κ2) is 12.9. The molecule has 2 aliphatic carbocycles. The van der Waals surface area contributed by atoms with Crippen molar-refractivity contribution in [3.8, 4) is 5.75 Å². The highest BCUT2D eigenvalue weighted by atomic mass is 32.1. The average Bonchev–Trinajstić information content (AvgIpc) is 3.44. The minimum Gasteiger partial charge on any atom is -0.507 e. The van der Waals surface area contributed by atoms with Crippen molar-refractivity contribution in [1.29, 1.82) is 0 Å². The van der Waals surface area contributed by atoms with Crippen molar-refractivity contribution in [2.24, 2.45) is 0 Å². The molecule has 0 bridgehead atoms. The summed E-state index contributed by atoms with van der Waals surface area (Å²) in [6.45, 7) is 13.2. The van der Waals surface area contributed by atoms with Crippen LogP contribution in [-0.2, 0) is 33.4 Å². The van der Waals surface area contributed by atoms with Crippen molar-refractivity contribution < 1.29 is 14.7 Å². The molecule has 2 N–H and O–H groups in total. The van der Waals surface area contributed by atoms with Gasteiger partial charge < -0.3 is 15.3 Å². The first kappa shape index (κ1) is 31.6. The van der Waals surface area contributed by atoms with Gasteiger partial charge in [-0.1, -0.05) is 98.3 Å². The van der Waals surface area contributed by atoms with Crippen molar-refractivity contribution in [3.63, 3.8) is 0 Å². The van der Waals surface area contributed by atoms with Crippen LogP contribution in [0.4, 0.5) is 0 Å². The lowest BCUT2D eigenvalue weighted by Crippen LogP contribution is -2.62. The monoisotopic (exact) mass is 580 g/mol. The number of hydrogen-bond donors (Lipinski definition) is 2. The highest BCUT2D eigenvalue weighted by molar-refractivity contribution is 7.09. The van der Waals surface area contributed by atoms with Crippen LogP contribution in [0.25, 0.3) is 0 Å². The summed E-state index contributed by atoms with van der Waals surface area (Å²) in [5.41, 5.74) is 1.65. The summed E-state index contributed by atoms with van der Waals surface area (Å²) in [5, 5.41) is 16.6. The molecule has 0 spiro atoms. The number of carbonyl (C=O) groups excluding carboxylic acids is 2. The molecule has 1 aromatic carbocycles. The fourth-order valence-electron chi connectivity index (χ4n) is 6.73. The number of hydrogen-bond acceptors (Lipinski definition) is 4. The highest BCUT2D eigenvalue weighted by Crippen LogP contribution is 2.41. The van der Waals surface area contributed by atoms with Gasteiger partial charge >= 0.3 is 0 Å². The number of aromatic hydroxyl groups is 1. The molecular weight excluding hydrogens is 528 g/mol. The van der Waals surface area contributed by atoms with Crippen LogP contribution in [0.1, 0.15) is 134 Å². The SMILES string of the molecule is CC(C)(C)c1cc(CCC(=O)N(Cc2cccs2)C2(C(=O)NC3CCCCC3)CCCCC2)cc(C(C)(C)C)c1O. The third kappa shape index (κ3) is 7.55. The maximum absolute atomic E-state index is 14.3. The molecule has 1 heterocycles. The molecule has 2 aliphatic rings.